The van der Waals surface area contributed by atoms with E-state index in [0.29, 0.717) is 16.9 Å². The number of hydrogen-bond donors (Lipinski definition) is 0. The summed E-state index contributed by atoms with van der Waals surface area (Å²) in [6.07, 6.45) is 0. The van der Waals surface area contributed by atoms with Crippen LogP contribution in [0.2, 0.25) is 0 Å². The number of rotatable bonds is 1. The van der Waals surface area contributed by atoms with Gasteiger partial charge in [-0.1, -0.05) is 30.3 Å². The molecular formula is C14H10NO2+. The highest BCUT2D eigenvalue weighted by Crippen LogP contribution is 2.16. The molecule has 1 aromatic heterocycles. The van der Waals surface area contributed by atoms with E-state index in [2.05, 4.69) is 4.98 Å². The summed E-state index contributed by atoms with van der Waals surface area (Å²) >= 11 is 0. The Morgan fingerprint density at radius 2 is 1.59 bits per heavy atom. The van der Waals surface area contributed by atoms with Gasteiger partial charge >= 0.3 is 11.4 Å². The molecule has 0 spiro atoms. The van der Waals surface area contributed by atoms with Crippen molar-refractivity contribution in [1.29, 1.82) is 0 Å². The summed E-state index contributed by atoms with van der Waals surface area (Å²) in [6, 6.07) is 16.7. The van der Waals surface area contributed by atoms with Crippen LogP contribution in [0.3, 0.4) is 0 Å². The first kappa shape index (κ1) is 9.78. The van der Waals surface area contributed by atoms with E-state index < -0.39 is 0 Å². The van der Waals surface area contributed by atoms with Gasteiger partial charge in [-0.15, -0.1) is 4.98 Å². The van der Waals surface area contributed by atoms with Gasteiger partial charge in [-0.25, -0.2) is 4.79 Å². The van der Waals surface area contributed by atoms with Crippen LogP contribution in [0.5, 0.6) is 0 Å². The Labute approximate surface area is 97.4 Å². The van der Waals surface area contributed by atoms with Gasteiger partial charge in [0.15, 0.2) is 5.58 Å². The van der Waals surface area contributed by atoms with Gasteiger partial charge in [0.05, 0.1) is 5.56 Å². The van der Waals surface area contributed by atoms with E-state index >= 15 is 0 Å². The highest BCUT2D eigenvalue weighted by Gasteiger charge is 2.13. The highest BCUT2D eigenvalue weighted by molar-refractivity contribution is 5.75. The maximum Gasteiger partial charge on any atom is 0.424 e. The lowest BCUT2D eigenvalue weighted by molar-refractivity contribution is -0.396. The molecule has 0 fully saturated rings. The van der Waals surface area contributed by atoms with E-state index in [-0.39, 0.29) is 5.56 Å². The molecule has 17 heavy (non-hydrogen) atoms. The molecule has 0 aliphatic heterocycles. The topological polar surface area (TPSA) is 44.4 Å². The van der Waals surface area contributed by atoms with Gasteiger partial charge in [-0.05, 0) is 24.3 Å². The zero-order valence-corrected chi connectivity index (χ0v) is 9.01. The van der Waals surface area contributed by atoms with Crippen molar-refractivity contribution in [2.75, 3.05) is 0 Å². The second-order valence-electron chi connectivity index (χ2n) is 3.75. The third-order valence-corrected chi connectivity index (χ3v) is 2.61. The third kappa shape index (κ3) is 1.72. The summed E-state index contributed by atoms with van der Waals surface area (Å²) in [5.74, 6) is 0.481. The molecule has 1 N–H and O–H groups in total. The second kappa shape index (κ2) is 3.87. The minimum Gasteiger partial charge on any atom is -0.404 e. The SMILES string of the molecule is O=c1[nH+]c(-c2ccccc2)oc2ccccc12. The Morgan fingerprint density at radius 3 is 2.41 bits per heavy atom. The largest absolute Gasteiger partial charge is 0.424 e. The zero-order valence-electron chi connectivity index (χ0n) is 9.01. The van der Waals surface area contributed by atoms with Gasteiger partial charge in [-0.3, -0.25) is 0 Å². The number of nitrogens with one attached hydrogen (secondary N) is 1. The Balaban J connectivity index is 2.30. The van der Waals surface area contributed by atoms with Crippen molar-refractivity contribution in [3.05, 3.63) is 65.0 Å². The predicted octanol–water partition coefficient (Wildman–Crippen LogP) is 2.27. The molecule has 0 bridgehead atoms. The molecule has 82 valence electrons. The fourth-order valence-corrected chi connectivity index (χ4v) is 1.77. The van der Waals surface area contributed by atoms with Crippen LogP contribution in [0.25, 0.3) is 22.4 Å². The molecule has 2 aromatic carbocycles. The first-order chi connectivity index (χ1) is 8.34. The summed E-state index contributed by atoms with van der Waals surface area (Å²) in [5, 5.41) is 0.562. The lowest BCUT2D eigenvalue weighted by Gasteiger charge is -1.95. The number of para-hydroxylation sites is 1. The first-order valence-corrected chi connectivity index (χ1v) is 5.35. The van der Waals surface area contributed by atoms with E-state index in [1.807, 2.05) is 42.5 Å². The van der Waals surface area contributed by atoms with Crippen molar-refractivity contribution < 1.29 is 9.40 Å². The summed E-state index contributed by atoms with van der Waals surface area (Å²) < 4.78 is 5.67. The minimum atomic E-state index is -0.134. The van der Waals surface area contributed by atoms with Crippen LogP contribution in [0.4, 0.5) is 0 Å². The molecule has 3 heteroatoms. The molecule has 3 rings (SSSR count). The number of fused-ring (bicyclic) bond motifs is 1. The Morgan fingerprint density at radius 1 is 0.882 bits per heavy atom. The van der Waals surface area contributed by atoms with Crippen LogP contribution in [-0.2, 0) is 0 Å². The van der Waals surface area contributed by atoms with Crippen molar-refractivity contribution in [1.82, 2.24) is 0 Å². The van der Waals surface area contributed by atoms with Crippen LogP contribution in [0.1, 0.15) is 0 Å². The van der Waals surface area contributed by atoms with Gasteiger partial charge in [0.1, 0.15) is 5.39 Å². The number of aromatic nitrogens is 1. The lowest BCUT2D eigenvalue weighted by atomic mass is 10.2. The monoisotopic (exact) mass is 224 g/mol. The molecule has 0 saturated carbocycles. The summed E-state index contributed by atoms with van der Waals surface area (Å²) in [7, 11) is 0. The molecule has 0 aliphatic rings. The molecule has 0 atom stereocenters. The number of hydrogen-bond acceptors (Lipinski definition) is 2. The lowest BCUT2D eigenvalue weighted by Crippen LogP contribution is -2.28. The van der Waals surface area contributed by atoms with Gasteiger partial charge in [-0.2, -0.15) is 0 Å². The van der Waals surface area contributed by atoms with Crippen molar-refractivity contribution >= 4 is 11.0 Å². The number of aromatic amines is 1. The Hall–Kier alpha value is -2.42. The molecule has 3 aromatic rings. The van der Waals surface area contributed by atoms with Gasteiger partial charge in [0, 0.05) is 0 Å². The van der Waals surface area contributed by atoms with Crippen molar-refractivity contribution in [3.8, 4) is 11.5 Å². The van der Waals surface area contributed by atoms with Gasteiger partial charge in [0.2, 0.25) is 0 Å². The van der Waals surface area contributed by atoms with Gasteiger partial charge in [0.25, 0.3) is 0 Å². The molecule has 0 radical (unpaired) electrons. The fourth-order valence-electron chi connectivity index (χ4n) is 1.77. The van der Waals surface area contributed by atoms with E-state index in [1.54, 1.807) is 12.1 Å². The van der Waals surface area contributed by atoms with Crippen LogP contribution < -0.4 is 10.5 Å². The van der Waals surface area contributed by atoms with Crippen molar-refractivity contribution in [3.63, 3.8) is 0 Å². The van der Waals surface area contributed by atoms with Gasteiger partial charge < -0.3 is 4.42 Å². The van der Waals surface area contributed by atoms with Crippen molar-refractivity contribution in [2.24, 2.45) is 0 Å². The van der Waals surface area contributed by atoms with Crippen LogP contribution in [0, 0.1) is 0 Å². The predicted molar refractivity (Wildman–Crippen MR) is 64.5 cm³/mol. The third-order valence-electron chi connectivity index (χ3n) is 2.61. The fraction of sp³-hybridized carbons (Fsp3) is 0. The molecule has 0 saturated heterocycles. The average molecular weight is 224 g/mol. The molecular weight excluding hydrogens is 214 g/mol. The smallest absolute Gasteiger partial charge is 0.404 e. The normalized spacial score (nSPS) is 10.6. The van der Waals surface area contributed by atoms with Crippen molar-refractivity contribution in [2.45, 2.75) is 0 Å². The molecule has 0 unspecified atom stereocenters. The zero-order chi connectivity index (χ0) is 11.7. The molecule has 3 nitrogen and oxygen atoms in total. The summed E-state index contributed by atoms with van der Waals surface area (Å²) in [5.41, 5.74) is 1.32. The van der Waals surface area contributed by atoms with Crippen LogP contribution in [0.15, 0.2) is 63.8 Å². The van der Waals surface area contributed by atoms with E-state index in [9.17, 15) is 4.79 Å². The number of benzene rings is 2. The first-order valence-electron chi connectivity index (χ1n) is 5.35. The standard InChI is InChI=1S/C14H9NO2/c16-13-11-8-4-5-9-12(11)17-14(15-13)10-6-2-1-3-7-10/h1-9H/p+1. The van der Waals surface area contributed by atoms with E-state index in [1.165, 1.54) is 0 Å². The average Bonchev–Trinajstić information content (AvgIpc) is 2.40. The molecule has 0 aliphatic carbocycles. The Bertz CT molecular complexity index is 717. The summed E-state index contributed by atoms with van der Waals surface area (Å²) in [6.45, 7) is 0. The number of H-pyrrole nitrogens is 1. The Kier molecular flexibility index (Phi) is 2.22. The van der Waals surface area contributed by atoms with E-state index in [4.69, 9.17) is 4.42 Å². The van der Waals surface area contributed by atoms with Crippen LogP contribution >= 0.6 is 0 Å². The maximum atomic E-state index is 11.9. The quantitative estimate of drug-likeness (QED) is 0.636. The van der Waals surface area contributed by atoms with E-state index in [0.717, 1.165) is 5.56 Å². The summed E-state index contributed by atoms with van der Waals surface area (Å²) in [4.78, 5) is 14.6. The highest BCUT2D eigenvalue weighted by atomic mass is 16.3. The molecule has 1 heterocycles. The minimum absolute atomic E-state index is 0.134. The van der Waals surface area contributed by atoms with Crippen LogP contribution in [-0.4, -0.2) is 0 Å². The molecule has 0 amide bonds. The maximum absolute atomic E-state index is 11.9. The second-order valence-corrected chi connectivity index (χ2v) is 3.75.